The number of rotatable bonds is 36. The van der Waals surface area contributed by atoms with E-state index in [0.29, 0.717) is 142 Å². The fraction of sp³-hybridized carbons (Fsp3) is 0.561. The zero-order chi connectivity index (χ0) is 81.3. The molecule has 8 rings (SSSR count). The second kappa shape index (κ2) is 46.1. The lowest BCUT2D eigenvalue weighted by Crippen LogP contribution is -2.55. The predicted octanol–water partition coefficient (Wildman–Crippen LogP) is 7.61. The number of hydrogen-bond acceptors (Lipinski definition) is 18. The average Bonchev–Trinajstić information content (AvgIpc) is 1.57. The topological polar surface area (TPSA) is 371 Å². The van der Waals surface area contributed by atoms with Crippen LogP contribution in [0.1, 0.15) is 155 Å². The van der Waals surface area contributed by atoms with E-state index in [1.54, 1.807) is 65.4 Å². The number of esters is 2. The number of carboxylic acid groups (broad SMARTS) is 6. The maximum Gasteiger partial charge on any atom is 0.326 e. The van der Waals surface area contributed by atoms with Crippen LogP contribution < -0.4 is 0 Å². The van der Waals surface area contributed by atoms with Crippen molar-refractivity contribution in [2.45, 2.75) is 231 Å². The summed E-state index contributed by atoms with van der Waals surface area (Å²) >= 11 is 0. The Kier molecular flexibility index (Phi) is 38.1. The Balaban J connectivity index is 0.000000263. The molecule has 6 N–H and O–H groups in total. The summed E-state index contributed by atoms with van der Waals surface area (Å²) in [5.74, 6) is -7.78. The molecule has 0 aliphatic carbocycles. The van der Waals surface area contributed by atoms with Gasteiger partial charge in [-0.3, -0.25) is 58.0 Å². The summed E-state index contributed by atoms with van der Waals surface area (Å²) < 4.78 is 10.5. The molecule has 4 saturated heterocycles. The van der Waals surface area contributed by atoms with Crippen LogP contribution in [0.4, 0.5) is 0 Å². The van der Waals surface area contributed by atoms with Gasteiger partial charge in [0.1, 0.15) is 48.3 Å². The van der Waals surface area contributed by atoms with Crippen LogP contribution in [0, 0.1) is 0 Å². The molecule has 4 fully saturated rings. The average molecular weight is 1530 g/mol. The number of ether oxygens (including phenoxy) is 2. The summed E-state index contributed by atoms with van der Waals surface area (Å²) in [6.45, 7) is 17.1. The molecule has 604 valence electrons. The highest BCUT2D eigenvalue weighted by Crippen LogP contribution is 2.27. The molecule has 4 heterocycles. The normalized spacial score (nSPS) is 18.9. The van der Waals surface area contributed by atoms with Crippen LogP contribution in [0.25, 0.3) is 0 Å². The van der Waals surface area contributed by atoms with E-state index in [-0.39, 0.29) is 48.8 Å². The van der Waals surface area contributed by atoms with Gasteiger partial charge in [0, 0.05) is 26.2 Å². The number of carbonyl (C=O) groups is 12. The summed E-state index contributed by atoms with van der Waals surface area (Å²) in [4.78, 5) is 158. The van der Waals surface area contributed by atoms with Gasteiger partial charge in [-0.15, -0.1) is 0 Å². The quantitative estimate of drug-likeness (QED) is 0.0238. The molecule has 4 aliphatic rings. The van der Waals surface area contributed by atoms with Crippen molar-refractivity contribution in [3.63, 3.8) is 0 Å². The van der Waals surface area contributed by atoms with Crippen molar-refractivity contribution in [2.75, 3.05) is 66.6 Å². The van der Waals surface area contributed by atoms with E-state index in [4.69, 9.17) is 9.47 Å². The van der Waals surface area contributed by atoms with Gasteiger partial charge in [0.25, 0.3) is 0 Å². The highest BCUT2D eigenvalue weighted by atomic mass is 16.5. The van der Waals surface area contributed by atoms with Crippen LogP contribution in [0.15, 0.2) is 121 Å². The van der Waals surface area contributed by atoms with E-state index in [1.165, 1.54) is 24.5 Å². The largest absolute Gasteiger partial charge is 0.480 e. The molecule has 0 radical (unpaired) electrons. The molecule has 12 atom stereocenters. The number of aliphatic carboxylic acids is 6. The summed E-state index contributed by atoms with van der Waals surface area (Å²) in [5, 5.41) is 56.7. The van der Waals surface area contributed by atoms with Gasteiger partial charge < -0.3 is 59.7 Å². The van der Waals surface area contributed by atoms with E-state index in [9.17, 15) is 88.2 Å². The Morgan fingerprint density at radius 3 is 0.855 bits per heavy atom. The second-order valence-electron chi connectivity index (χ2n) is 28.1. The first-order chi connectivity index (χ1) is 52.4. The number of benzene rings is 4. The van der Waals surface area contributed by atoms with Crippen LogP contribution >= 0.6 is 0 Å². The van der Waals surface area contributed by atoms with Gasteiger partial charge >= 0.3 is 47.8 Å². The minimum atomic E-state index is -1.01. The fourth-order valence-corrected chi connectivity index (χ4v) is 14.9. The number of likely N-dealkylation sites (N-methyl/N-ethyl adjacent to an activating group) is 4. The molecule has 28 nitrogen and oxygen atoms in total. The molecule has 4 aromatic carbocycles. The zero-order valence-electron chi connectivity index (χ0n) is 65.4. The molecule has 0 aromatic heterocycles. The number of aryl methyl sites for hydroxylation is 4. The Morgan fingerprint density at radius 1 is 0.355 bits per heavy atom. The first-order valence-electron chi connectivity index (χ1n) is 38.5. The maximum absolute atomic E-state index is 13.1. The molecule has 0 bridgehead atoms. The van der Waals surface area contributed by atoms with Gasteiger partial charge in [-0.05, 0) is 194 Å². The highest BCUT2D eigenvalue weighted by molar-refractivity contribution is 5.91. The minimum Gasteiger partial charge on any atom is -0.480 e. The fourth-order valence-electron chi connectivity index (χ4n) is 14.9. The molecule has 0 spiro atoms. The molecule has 28 heteroatoms. The molecule has 4 aromatic rings. The maximum atomic E-state index is 13.1. The Hall–Kier alpha value is -9.64. The molecule has 110 heavy (non-hydrogen) atoms. The van der Waals surface area contributed by atoms with Crippen LogP contribution in [-0.4, -0.2) is 280 Å². The van der Waals surface area contributed by atoms with Crippen LogP contribution in [0.5, 0.6) is 0 Å². The number of hydrogen-bond donors (Lipinski definition) is 6. The van der Waals surface area contributed by atoms with E-state index < -0.39 is 108 Å². The van der Waals surface area contributed by atoms with Gasteiger partial charge in [0.2, 0.25) is 23.6 Å². The van der Waals surface area contributed by atoms with Crippen molar-refractivity contribution in [1.82, 2.24) is 39.2 Å². The lowest BCUT2D eigenvalue weighted by Gasteiger charge is -2.36. The predicted molar refractivity (Wildman–Crippen MR) is 410 cm³/mol. The lowest BCUT2D eigenvalue weighted by molar-refractivity contribution is -0.156. The standard InChI is InChI=1S/C22H32N2O5.C21H30N2O5.C20H28N2O5.C19H26N2O5/c1-4-23(16(3)20(25)24-15-9-12-18(24)21(26)27)19(22(28)29-5-2)14-13-17-10-7-6-8-11-17;1-4-28-21(27)18(13-12-16-9-6-5-7-10-16)22(3)15(2)19(24)23-14-8-11-17(23)20(25)26;1-3-21(14(2)18(23)22-13-7-10-16(22)19(24)25)17(20(26)27)12-11-15-8-5-4-6-9-15;1-13(17(22)21-12-6-9-16(21)19(25)26)20(2)15(18(23)24)11-10-14-7-4-3-5-8-14/h6-8,10-11,16,18-19H,4-5,9,12-15H2,1-3H3,(H,26,27);5-7,9-10,15,17-18H,4,8,11-14H2,1-3H3,(H,25,26);4-6,8-9,14,16-17H,3,7,10-13H2,1-2H3,(H,24,25)(H,26,27);3-5,7-8,13,15-16H,6,9-12H2,1-2H3,(H,23,24)(H,25,26)/t16-,18-,19-;15-,17-,18-;14-,16-,17-;13-,15-,16-/m0000/s1. The third kappa shape index (κ3) is 26.3. The van der Waals surface area contributed by atoms with Gasteiger partial charge in [-0.2, -0.15) is 0 Å². The molecule has 0 unspecified atom stereocenters. The number of nitrogens with zero attached hydrogens (tertiary/aromatic N) is 8. The number of likely N-dealkylation sites (tertiary alicyclic amines) is 4. The van der Waals surface area contributed by atoms with E-state index in [0.717, 1.165) is 22.3 Å². The van der Waals surface area contributed by atoms with E-state index >= 15 is 0 Å². The second-order valence-corrected chi connectivity index (χ2v) is 28.1. The summed E-state index contributed by atoms with van der Waals surface area (Å²) in [5.41, 5.74) is 4.30. The van der Waals surface area contributed by atoms with Crippen molar-refractivity contribution in [3.8, 4) is 0 Å². The smallest absolute Gasteiger partial charge is 0.326 e. The molecular formula is C82H116N8O20. The summed E-state index contributed by atoms with van der Waals surface area (Å²) in [6, 6.07) is 30.3. The summed E-state index contributed by atoms with van der Waals surface area (Å²) in [7, 11) is 3.33. The first-order valence-corrected chi connectivity index (χ1v) is 38.5. The first kappa shape index (κ1) is 91.0. The minimum absolute atomic E-state index is 0.245. The van der Waals surface area contributed by atoms with Gasteiger partial charge in [-0.1, -0.05) is 135 Å². The zero-order valence-corrected chi connectivity index (χ0v) is 65.4. The number of carbonyl (C=O) groups excluding carboxylic acids is 6. The Labute approximate surface area is 646 Å². The van der Waals surface area contributed by atoms with Crippen LogP contribution in [-0.2, 0) is 92.7 Å². The van der Waals surface area contributed by atoms with Crippen LogP contribution in [0.2, 0.25) is 0 Å². The molecular weight excluding hydrogens is 1420 g/mol. The van der Waals surface area contributed by atoms with Gasteiger partial charge in [-0.25, -0.2) is 19.2 Å². The van der Waals surface area contributed by atoms with Crippen LogP contribution in [0.3, 0.4) is 0 Å². The SMILES string of the molecule is CCN([C@@H](C)C(=O)N1CCC[C@H]1C(=O)O)[C@@H](CCc1ccccc1)C(=O)O.CCOC(=O)[C@H](CCc1ccccc1)N(C)[C@@H](C)C(=O)N1CCC[C@H]1C(=O)O.CCOC(=O)[C@H](CCc1ccccc1)N(CC)[C@@H](C)C(=O)N1CCC[C@H]1C(=O)O.C[C@@H](C(=O)N1CCC[C@H]1C(=O)O)N(C)[C@@H](CCc1ccccc1)C(=O)O. The highest BCUT2D eigenvalue weighted by Gasteiger charge is 2.44. The number of amides is 4. The van der Waals surface area contributed by atoms with Crippen molar-refractivity contribution in [3.05, 3.63) is 144 Å². The molecule has 0 saturated carbocycles. The Morgan fingerprint density at radius 2 is 0.591 bits per heavy atom. The van der Waals surface area contributed by atoms with Crippen molar-refractivity contribution in [1.29, 1.82) is 0 Å². The summed E-state index contributed by atoms with van der Waals surface area (Å²) in [6.07, 6.45) is 8.80. The van der Waals surface area contributed by atoms with Gasteiger partial charge in [0.05, 0.1) is 37.4 Å². The van der Waals surface area contributed by atoms with Crippen molar-refractivity contribution < 1.29 is 97.6 Å². The van der Waals surface area contributed by atoms with Gasteiger partial charge in [0.15, 0.2) is 0 Å². The van der Waals surface area contributed by atoms with Crippen molar-refractivity contribution in [2.24, 2.45) is 0 Å². The van der Waals surface area contributed by atoms with E-state index in [2.05, 4.69) is 0 Å². The third-order valence-corrected chi connectivity index (χ3v) is 21.3. The number of carboxylic acids is 6. The Bertz CT molecular complexity index is 3620. The molecule has 4 amide bonds. The molecule has 4 aliphatic heterocycles. The third-order valence-electron chi connectivity index (χ3n) is 21.3. The van der Waals surface area contributed by atoms with E-state index in [1.807, 2.05) is 140 Å². The monoisotopic (exact) mass is 1530 g/mol. The van der Waals surface area contributed by atoms with Crippen molar-refractivity contribution >= 4 is 71.4 Å². The lowest BCUT2D eigenvalue weighted by atomic mass is 10.0.